The monoisotopic (exact) mass is 371 g/mol. The summed E-state index contributed by atoms with van der Waals surface area (Å²) >= 11 is 1.26. The van der Waals surface area contributed by atoms with Crippen LogP contribution in [-0.4, -0.2) is 21.2 Å². The van der Waals surface area contributed by atoms with Gasteiger partial charge in [0, 0.05) is 6.04 Å². The van der Waals surface area contributed by atoms with Crippen LogP contribution in [0.25, 0.3) is 10.9 Å². The van der Waals surface area contributed by atoms with Gasteiger partial charge in [-0.15, -0.1) is 0 Å². The minimum Gasteiger partial charge on any atom is -0.467 e. The summed E-state index contributed by atoms with van der Waals surface area (Å²) in [6.07, 6.45) is 1.58. The van der Waals surface area contributed by atoms with E-state index in [1.165, 1.54) is 11.8 Å². The van der Waals surface area contributed by atoms with Gasteiger partial charge in [-0.05, 0) is 45.0 Å². The number of carbonyl (C=O) groups is 1. The van der Waals surface area contributed by atoms with Crippen molar-refractivity contribution >= 4 is 28.6 Å². The molecule has 0 aliphatic heterocycles. The largest absolute Gasteiger partial charge is 0.467 e. The van der Waals surface area contributed by atoms with E-state index in [9.17, 15) is 9.59 Å². The van der Waals surface area contributed by atoms with Crippen molar-refractivity contribution in [2.45, 2.75) is 38.0 Å². The average Bonchev–Trinajstić information content (AvgIpc) is 3.14. The van der Waals surface area contributed by atoms with Crippen molar-refractivity contribution in [3.63, 3.8) is 0 Å². The minimum absolute atomic E-state index is 0.0489. The molecule has 1 aromatic carbocycles. The highest BCUT2D eigenvalue weighted by Crippen LogP contribution is 2.21. The Kier molecular flexibility index (Phi) is 5.46. The van der Waals surface area contributed by atoms with Crippen LogP contribution in [0.1, 0.15) is 38.6 Å². The van der Waals surface area contributed by atoms with E-state index in [1.807, 2.05) is 45.0 Å². The zero-order chi connectivity index (χ0) is 18.7. The fraction of sp³-hybridized carbons (Fsp3) is 0.316. The molecular weight excluding hydrogens is 350 g/mol. The number of amides is 1. The second kappa shape index (κ2) is 7.78. The Hall–Kier alpha value is -2.54. The van der Waals surface area contributed by atoms with Crippen LogP contribution in [0.5, 0.6) is 0 Å². The van der Waals surface area contributed by atoms with Crippen LogP contribution >= 0.6 is 11.8 Å². The van der Waals surface area contributed by atoms with Gasteiger partial charge in [0.15, 0.2) is 5.16 Å². The Balaban J connectivity index is 1.79. The molecule has 0 fully saturated rings. The first-order valence-corrected chi connectivity index (χ1v) is 9.42. The molecule has 6 nitrogen and oxygen atoms in total. The van der Waals surface area contributed by atoms with E-state index >= 15 is 0 Å². The highest BCUT2D eigenvalue weighted by atomic mass is 32.2. The van der Waals surface area contributed by atoms with Crippen LogP contribution in [0.4, 0.5) is 0 Å². The van der Waals surface area contributed by atoms with Gasteiger partial charge < -0.3 is 9.73 Å². The van der Waals surface area contributed by atoms with Gasteiger partial charge >= 0.3 is 0 Å². The standard InChI is InChI=1S/C19H21N3O3S/c1-12(2)22-18(24)14-7-4-5-8-15(14)21-19(22)26-11-17(23)20-13(3)16-9-6-10-25-16/h4-10,12-13H,11H2,1-3H3,(H,20,23). The summed E-state index contributed by atoms with van der Waals surface area (Å²) in [6, 6.07) is 10.6. The van der Waals surface area contributed by atoms with Gasteiger partial charge in [-0.2, -0.15) is 0 Å². The van der Waals surface area contributed by atoms with Crippen molar-refractivity contribution in [2.75, 3.05) is 5.75 Å². The van der Waals surface area contributed by atoms with Gasteiger partial charge in [0.2, 0.25) is 5.91 Å². The zero-order valence-electron chi connectivity index (χ0n) is 14.9. The number of rotatable bonds is 6. The number of nitrogens with zero attached hydrogens (tertiary/aromatic N) is 2. The molecule has 1 unspecified atom stereocenters. The van der Waals surface area contributed by atoms with Crippen LogP contribution in [0.2, 0.25) is 0 Å². The molecule has 2 aromatic heterocycles. The molecule has 0 bridgehead atoms. The Morgan fingerprint density at radius 1 is 1.23 bits per heavy atom. The minimum atomic E-state index is -0.213. The number of fused-ring (bicyclic) bond motifs is 1. The summed E-state index contributed by atoms with van der Waals surface area (Å²) in [5, 5.41) is 4.01. The van der Waals surface area contributed by atoms with E-state index in [-0.39, 0.29) is 29.3 Å². The van der Waals surface area contributed by atoms with Crippen LogP contribution in [-0.2, 0) is 4.79 Å². The van der Waals surface area contributed by atoms with Crippen molar-refractivity contribution in [1.82, 2.24) is 14.9 Å². The molecule has 3 rings (SSSR count). The first kappa shape index (κ1) is 18.3. The first-order chi connectivity index (χ1) is 12.5. The van der Waals surface area contributed by atoms with Crippen molar-refractivity contribution in [3.05, 3.63) is 58.8 Å². The number of aromatic nitrogens is 2. The third-order valence-corrected chi connectivity index (χ3v) is 4.92. The molecule has 0 saturated heterocycles. The predicted molar refractivity (Wildman–Crippen MR) is 102 cm³/mol. The molecule has 0 saturated carbocycles. The molecule has 1 amide bonds. The topological polar surface area (TPSA) is 77.1 Å². The maximum Gasteiger partial charge on any atom is 0.262 e. The summed E-state index contributed by atoms with van der Waals surface area (Å²) in [5.41, 5.74) is 0.554. The third kappa shape index (κ3) is 3.83. The van der Waals surface area contributed by atoms with E-state index in [2.05, 4.69) is 10.3 Å². The summed E-state index contributed by atoms with van der Waals surface area (Å²) in [5.74, 6) is 0.727. The Bertz CT molecular complexity index is 964. The molecule has 2 heterocycles. The number of thioether (sulfide) groups is 1. The molecule has 3 aromatic rings. The first-order valence-electron chi connectivity index (χ1n) is 8.44. The molecule has 0 radical (unpaired) electrons. The van der Waals surface area contributed by atoms with Crippen LogP contribution in [0.3, 0.4) is 0 Å². The number of nitrogens with one attached hydrogen (secondary N) is 1. The summed E-state index contributed by atoms with van der Waals surface area (Å²) in [7, 11) is 0. The van der Waals surface area contributed by atoms with Crippen molar-refractivity contribution in [2.24, 2.45) is 0 Å². The van der Waals surface area contributed by atoms with E-state index in [4.69, 9.17) is 4.42 Å². The van der Waals surface area contributed by atoms with Crippen molar-refractivity contribution in [1.29, 1.82) is 0 Å². The van der Waals surface area contributed by atoms with Crippen LogP contribution in [0, 0.1) is 0 Å². The maximum atomic E-state index is 12.8. The fourth-order valence-corrected chi connectivity index (χ4v) is 3.64. The van der Waals surface area contributed by atoms with Gasteiger partial charge in [-0.3, -0.25) is 14.2 Å². The van der Waals surface area contributed by atoms with E-state index in [0.29, 0.717) is 21.8 Å². The fourth-order valence-electron chi connectivity index (χ4n) is 2.70. The summed E-state index contributed by atoms with van der Waals surface area (Å²) in [6.45, 7) is 5.72. The molecular formula is C19H21N3O3S. The number of hydrogen-bond acceptors (Lipinski definition) is 5. The lowest BCUT2D eigenvalue weighted by Crippen LogP contribution is -2.29. The van der Waals surface area contributed by atoms with Gasteiger partial charge in [-0.1, -0.05) is 23.9 Å². The Morgan fingerprint density at radius 3 is 2.69 bits per heavy atom. The third-order valence-electron chi connectivity index (χ3n) is 3.97. The van der Waals surface area contributed by atoms with E-state index < -0.39 is 0 Å². The molecule has 1 N–H and O–H groups in total. The van der Waals surface area contributed by atoms with Gasteiger partial charge in [-0.25, -0.2) is 4.98 Å². The second-order valence-corrected chi connectivity index (χ2v) is 7.22. The number of furan rings is 1. The predicted octanol–water partition coefficient (Wildman–Crippen LogP) is 3.54. The number of para-hydroxylation sites is 1. The molecule has 136 valence electrons. The number of benzene rings is 1. The van der Waals surface area contributed by atoms with Gasteiger partial charge in [0.1, 0.15) is 5.76 Å². The molecule has 0 aliphatic carbocycles. The highest BCUT2D eigenvalue weighted by Gasteiger charge is 2.16. The SMILES string of the molecule is CC(NC(=O)CSc1nc2ccccc2c(=O)n1C(C)C)c1ccco1. The lowest BCUT2D eigenvalue weighted by atomic mass is 10.2. The van der Waals surface area contributed by atoms with Crippen molar-refractivity contribution < 1.29 is 9.21 Å². The number of hydrogen-bond donors (Lipinski definition) is 1. The average molecular weight is 371 g/mol. The molecule has 0 spiro atoms. The van der Waals surface area contributed by atoms with Crippen LogP contribution in [0.15, 0.2) is 57.0 Å². The molecule has 1 atom stereocenters. The highest BCUT2D eigenvalue weighted by molar-refractivity contribution is 7.99. The molecule has 0 aliphatic rings. The quantitative estimate of drug-likeness (QED) is 0.530. The molecule has 7 heteroatoms. The lowest BCUT2D eigenvalue weighted by Gasteiger charge is -2.16. The molecule has 26 heavy (non-hydrogen) atoms. The maximum absolute atomic E-state index is 12.8. The van der Waals surface area contributed by atoms with Crippen LogP contribution < -0.4 is 10.9 Å². The summed E-state index contributed by atoms with van der Waals surface area (Å²) in [4.78, 5) is 29.6. The van der Waals surface area contributed by atoms with E-state index in [0.717, 1.165) is 0 Å². The lowest BCUT2D eigenvalue weighted by molar-refractivity contribution is -0.119. The zero-order valence-corrected chi connectivity index (χ0v) is 15.7. The van der Waals surface area contributed by atoms with Crippen molar-refractivity contribution in [3.8, 4) is 0 Å². The summed E-state index contributed by atoms with van der Waals surface area (Å²) < 4.78 is 6.93. The Labute approximate surface area is 155 Å². The second-order valence-electron chi connectivity index (χ2n) is 6.27. The normalized spacial score (nSPS) is 12.5. The van der Waals surface area contributed by atoms with Gasteiger partial charge in [0.05, 0.1) is 29.0 Å². The Morgan fingerprint density at radius 2 is 2.00 bits per heavy atom. The number of carbonyl (C=O) groups excluding carboxylic acids is 1. The van der Waals surface area contributed by atoms with Gasteiger partial charge in [0.25, 0.3) is 5.56 Å². The smallest absolute Gasteiger partial charge is 0.262 e. The van der Waals surface area contributed by atoms with E-state index in [1.54, 1.807) is 23.0 Å².